The molecule has 2 aliphatic carbocycles. The van der Waals surface area contributed by atoms with E-state index in [-0.39, 0.29) is 6.42 Å². The summed E-state index contributed by atoms with van der Waals surface area (Å²) in [6, 6.07) is 11.6. The topological polar surface area (TPSA) is 61.6 Å². The third-order valence-corrected chi connectivity index (χ3v) is 11.0. The van der Waals surface area contributed by atoms with Crippen molar-refractivity contribution in [2.45, 2.75) is 120 Å². The maximum absolute atomic E-state index is 11.1. The van der Waals surface area contributed by atoms with E-state index in [1.165, 1.54) is 88.4 Å². The van der Waals surface area contributed by atoms with Crippen LogP contribution in [0.15, 0.2) is 24.3 Å². The van der Waals surface area contributed by atoms with Gasteiger partial charge in [-0.3, -0.25) is 9.69 Å². The second-order valence-corrected chi connectivity index (χ2v) is 13.4. The monoisotopic (exact) mass is 518 g/mol. The standard InChI is InChI=1S/C32H46N4O2/c37-31(38)13-15-34-14-12-24(21-34)32-33-29-10-3-4-11-30(29)36(32)28-19-25-8-5-9-26(20-28)35(25)27-17-22-6-1-2-7-23(16-22)18-27/h3-4,10-11,22-28H,1-2,5-9,12-21H2,(H,37,38)/t22-,23+,24-,25-,26+,27?,28?/m0/s1. The summed E-state index contributed by atoms with van der Waals surface area (Å²) in [4.78, 5) is 21.8. The Morgan fingerprint density at radius 1 is 0.842 bits per heavy atom. The first-order valence-corrected chi connectivity index (χ1v) is 15.8. The zero-order valence-electron chi connectivity index (χ0n) is 23.0. The smallest absolute Gasteiger partial charge is 0.304 e. The maximum atomic E-state index is 11.1. The Kier molecular flexibility index (Phi) is 6.98. The number of aromatic nitrogens is 2. The Morgan fingerprint density at radius 3 is 2.32 bits per heavy atom. The number of carboxylic acids is 1. The van der Waals surface area contributed by atoms with E-state index >= 15 is 0 Å². The summed E-state index contributed by atoms with van der Waals surface area (Å²) in [5.41, 5.74) is 2.45. The highest BCUT2D eigenvalue weighted by Crippen LogP contribution is 2.48. The van der Waals surface area contributed by atoms with Crippen LogP contribution < -0.4 is 0 Å². The lowest BCUT2D eigenvalue weighted by atomic mass is 9.73. The number of fused-ring (bicyclic) bond motifs is 5. The molecule has 5 fully saturated rings. The van der Waals surface area contributed by atoms with E-state index in [4.69, 9.17) is 4.98 Å². The highest BCUT2D eigenvalue weighted by molar-refractivity contribution is 5.76. The van der Waals surface area contributed by atoms with Gasteiger partial charge in [0.05, 0.1) is 17.5 Å². The van der Waals surface area contributed by atoms with Crippen LogP contribution in [0.3, 0.4) is 0 Å². The van der Waals surface area contributed by atoms with Crippen molar-refractivity contribution >= 4 is 17.0 Å². The SMILES string of the molecule is O=C(O)CCN1CC[C@H](c2nc3ccccc3n2C2C[C@H]3CCC[C@@H](C2)N3C2C[C@H]3CCCC[C@@H](C2)C3)C1. The number of hydrogen-bond donors (Lipinski definition) is 1. The van der Waals surface area contributed by atoms with Crippen LogP contribution in [-0.2, 0) is 4.79 Å². The van der Waals surface area contributed by atoms with E-state index in [2.05, 4.69) is 38.6 Å². The molecule has 3 aliphatic heterocycles. The molecule has 206 valence electrons. The Bertz CT molecular complexity index is 1120. The zero-order valence-corrected chi connectivity index (χ0v) is 23.0. The van der Waals surface area contributed by atoms with Crippen molar-refractivity contribution in [3.63, 3.8) is 0 Å². The van der Waals surface area contributed by atoms with Gasteiger partial charge in [-0.25, -0.2) is 4.98 Å². The van der Waals surface area contributed by atoms with Gasteiger partial charge in [0.25, 0.3) is 0 Å². The Balaban J connectivity index is 1.14. The fourth-order valence-electron chi connectivity index (χ4n) is 9.54. The van der Waals surface area contributed by atoms with Crippen molar-refractivity contribution in [1.29, 1.82) is 0 Å². The fraction of sp³-hybridized carbons (Fsp3) is 0.750. The Hall–Kier alpha value is -1.92. The first-order chi connectivity index (χ1) is 18.6. The number of hydrogen-bond acceptors (Lipinski definition) is 4. The Labute approximate surface area is 227 Å². The van der Waals surface area contributed by atoms with Crippen molar-refractivity contribution in [3.8, 4) is 0 Å². The van der Waals surface area contributed by atoms with Gasteiger partial charge in [0, 0.05) is 43.2 Å². The van der Waals surface area contributed by atoms with Crippen molar-refractivity contribution in [1.82, 2.24) is 19.4 Å². The van der Waals surface area contributed by atoms with Crippen molar-refractivity contribution < 1.29 is 9.90 Å². The molecule has 7 atom stereocenters. The first-order valence-electron chi connectivity index (χ1n) is 15.8. The van der Waals surface area contributed by atoms with Gasteiger partial charge < -0.3 is 14.6 Å². The fourth-order valence-corrected chi connectivity index (χ4v) is 9.54. The van der Waals surface area contributed by atoms with Crippen molar-refractivity contribution in [2.24, 2.45) is 11.8 Å². The zero-order chi connectivity index (χ0) is 25.6. The predicted octanol–water partition coefficient (Wildman–Crippen LogP) is 6.22. The number of benzene rings is 1. The lowest BCUT2D eigenvalue weighted by molar-refractivity contribution is -0.137. The van der Waals surface area contributed by atoms with E-state index in [0.29, 0.717) is 18.5 Å². The molecule has 3 saturated heterocycles. The normalized spacial score (nSPS) is 36.4. The molecule has 1 aromatic heterocycles. The highest BCUT2D eigenvalue weighted by atomic mass is 16.4. The summed E-state index contributed by atoms with van der Waals surface area (Å²) in [5, 5.41) is 9.17. The average molecular weight is 519 g/mol. The summed E-state index contributed by atoms with van der Waals surface area (Å²) >= 11 is 0. The van der Waals surface area contributed by atoms with Crippen LogP contribution in [0.1, 0.15) is 108 Å². The molecule has 4 bridgehead atoms. The van der Waals surface area contributed by atoms with Gasteiger partial charge in [0.2, 0.25) is 0 Å². The van der Waals surface area contributed by atoms with E-state index in [0.717, 1.165) is 55.0 Å². The molecule has 7 rings (SSSR count). The molecule has 1 N–H and O–H groups in total. The Morgan fingerprint density at radius 2 is 1.58 bits per heavy atom. The summed E-state index contributed by atoms with van der Waals surface area (Å²) in [6.07, 6.45) is 18.3. The van der Waals surface area contributed by atoms with Crippen molar-refractivity contribution in [2.75, 3.05) is 19.6 Å². The molecule has 5 aliphatic rings. The van der Waals surface area contributed by atoms with Crippen LogP contribution in [-0.4, -0.2) is 68.2 Å². The molecule has 2 saturated carbocycles. The first kappa shape index (κ1) is 25.1. The largest absolute Gasteiger partial charge is 0.481 e. The number of piperidine rings is 2. The van der Waals surface area contributed by atoms with Crippen molar-refractivity contribution in [3.05, 3.63) is 30.1 Å². The molecule has 0 radical (unpaired) electrons. The second-order valence-electron chi connectivity index (χ2n) is 13.4. The van der Waals surface area contributed by atoms with Gasteiger partial charge in [-0.2, -0.15) is 0 Å². The summed E-state index contributed by atoms with van der Waals surface area (Å²) in [7, 11) is 0. The van der Waals surface area contributed by atoms with Crippen LogP contribution in [0.25, 0.3) is 11.0 Å². The van der Waals surface area contributed by atoms with Gasteiger partial charge in [0.15, 0.2) is 0 Å². The quantitative estimate of drug-likeness (QED) is 0.492. The molecule has 0 spiro atoms. The van der Waals surface area contributed by atoms with Gasteiger partial charge in [-0.05, 0) is 81.9 Å². The minimum atomic E-state index is -0.698. The molecular weight excluding hydrogens is 472 g/mol. The van der Waals surface area contributed by atoms with Gasteiger partial charge >= 0.3 is 5.97 Å². The third-order valence-electron chi connectivity index (χ3n) is 11.0. The van der Waals surface area contributed by atoms with Crippen LogP contribution in [0, 0.1) is 11.8 Å². The number of aliphatic carboxylic acids is 1. The molecule has 1 aromatic carbocycles. The molecule has 4 heterocycles. The number of carbonyl (C=O) groups is 1. The minimum Gasteiger partial charge on any atom is -0.481 e. The number of imidazole rings is 1. The lowest BCUT2D eigenvalue weighted by Gasteiger charge is -2.54. The summed E-state index contributed by atoms with van der Waals surface area (Å²) < 4.78 is 2.67. The molecule has 2 aromatic rings. The number of nitrogens with zero attached hydrogens (tertiary/aromatic N) is 4. The summed E-state index contributed by atoms with van der Waals surface area (Å²) in [6.45, 7) is 2.57. The van der Waals surface area contributed by atoms with E-state index in [9.17, 15) is 9.90 Å². The predicted molar refractivity (Wildman–Crippen MR) is 150 cm³/mol. The average Bonchev–Trinajstić information content (AvgIpc) is 3.49. The minimum absolute atomic E-state index is 0.230. The third kappa shape index (κ3) is 4.81. The molecule has 6 nitrogen and oxygen atoms in total. The molecule has 0 amide bonds. The van der Waals surface area contributed by atoms with Crippen LogP contribution in [0.5, 0.6) is 0 Å². The number of likely N-dealkylation sites (tertiary alicyclic amines) is 1. The van der Waals surface area contributed by atoms with E-state index in [1.54, 1.807) is 0 Å². The molecule has 6 heteroatoms. The maximum Gasteiger partial charge on any atom is 0.304 e. The highest BCUT2D eigenvalue weighted by Gasteiger charge is 2.45. The molecular formula is C32H46N4O2. The van der Waals surface area contributed by atoms with Crippen LogP contribution in [0.4, 0.5) is 0 Å². The molecule has 38 heavy (non-hydrogen) atoms. The number of rotatable bonds is 6. The number of carboxylic acid groups (broad SMARTS) is 1. The van der Waals surface area contributed by atoms with E-state index < -0.39 is 5.97 Å². The molecule has 2 unspecified atom stereocenters. The number of para-hydroxylation sites is 2. The van der Waals surface area contributed by atoms with Gasteiger partial charge in [-0.15, -0.1) is 0 Å². The van der Waals surface area contributed by atoms with Gasteiger partial charge in [0.1, 0.15) is 5.82 Å². The lowest BCUT2D eigenvalue weighted by Crippen LogP contribution is -2.58. The van der Waals surface area contributed by atoms with Gasteiger partial charge in [-0.1, -0.05) is 44.2 Å². The second kappa shape index (κ2) is 10.6. The summed E-state index contributed by atoms with van der Waals surface area (Å²) in [5.74, 6) is 2.93. The van der Waals surface area contributed by atoms with E-state index in [1.807, 2.05) is 0 Å². The van der Waals surface area contributed by atoms with Crippen LogP contribution >= 0.6 is 0 Å². The van der Waals surface area contributed by atoms with Crippen LogP contribution in [0.2, 0.25) is 0 Å².